The minimum atomic E-state index is -1.05. The summed E-state index contributed by atoms with van der Waals surface area (Å²) < 4.78 is 6.58. The lowest BCUT2D eigenvalue weighted by Crippen LogP contribution is -2.36. The summed E-state index contributed by atoms with van der Waals surface area (Å²) in [6.45, 7) is 3.91. The monoisotopic (exact) mass is 491 g/mol. The van der Waals surface area contributed by atoms with Crippen LogP contribution in [-0.2, 0) is 17.8 Å². The van der Waals surface area contributed by atoms with Crippen molar-refractivity contribution in [3.8, 4) is 11.4 Å². The Morgan fingerprint density at radius 3 is 2.54 bits per heavy atom. The zero-order valence-corrected chi connectivity index (χ0v) is 20.0. The maximum absolute atomic E-state index is 11.1. The molecule has 35 heavy (non-hydrogen) atoms. The predicted octanol–water partition coefficient (Wildman–Crippen LogP) is 2.78. The lowest BCUT2D eigenvalue weighted by atomic mass is 10.1. The van der Waals surface area contributed by atoms with Crippen LogP contribution in [0.4, 0.5) is 11.8 Å². The van der Waals surface area contributed by atoms with Gasteiger partial charge in [0.2, 0.25) is 5.95 Å². The highest BCUT2D eigenvalue weighted by Gasteiger charge is 2.21. The fourth-order valence-corrected chi connectivity index (χ4v) is 5.05. The van der Waals surface area contributed by atoms with Gasteiger partial charge < -0.3 is 25.4 Å². The van der Waals surface area contributed by atoms with Crippen LogP contribution < -0.4 is 15.5 Å². The SMILES string of the molecule is CN(Cc1cc2nc(-c3ccc(CN)cc3)nc(N3CCOCC3)c2s1)c1ncc(C(=O)O)cn1. The lowest BCUT2D eigenvalue weighted by Gasteiger charge is -2.28. The first kappa shape index (κ1) is 23.1. The van der Waals surface area contributed by atoms with E-state index in [1.54, 1.807) is 11.3 Å². The Kier molecular flexibility index (Phi) is 6.53. The first-order valence-electron chi connectivity index (χ1n) is 11.2. The van der Waals surface area contributed by atoms with Crippen molar-refractivity contribution in [3.63, 3.8) is 0 Å². The molecule has 10 nitrogen and oxygen atoms in total. The average Bonchev–Trinajstić information content (AvgIpc) is 3.31. The number of hydrogen-bond acceptors (Lipinski definition) is 10. The number of nitrogens with two attached hydrogens (primary N) is 1. The number of fused-ring (bicyclic) bond motifs is 1. The number of aromatic nitrogens is 4. The zero-order chi connectivity index (χ0) is 24.4. The number of carbonyl (C=O) groups is 1. The Labute approximate surface area is 206 Å². The van der Waals surface area contributed by atoms with Crippen molar-refractivity contribution in [1.29, 1.82) is 0 Å². The highest BCUT2D eigenvalue weighted by Crippen LogP contribution is 2.35. The van der Waals surface area contributed by atoms with Crippen LogP contribution in [0.1, 0.15) is 20.8 Å². The number of rotatable bonds is 7. The van der Waals surface area contributed by atoms with Gasteiger partial charge in [0.05, 0.1) is 35.5 Å². The van der Waals surface area contributed by atoms with Crippen molar-refractivity contribution in [2.24, 2.45) is 5.73 Å². The number of morpholine rings is 1. The van der Waals surface area contributed by atoms with Gasteiger partial charge in [0.1, 0.15) is 0 Å². The maximum Gasteiger partial charge on any atom is 0.338 e. The van der Waals surface area contributed by atoms with Crippen molar-refractivity contribution in [1.82, 2.24) is 19.9 Å². The molecule has 0 aliphatic carbocycles. The summed E-state index contributed by atoms with van der Waals surface area (Å²) in [5.74, 6) is 0.990. The normalized spacial score (nSPS) is 13.8. The highest BCUT2D eigenvalue weighted by atomic mass is 32.1. The number of aromatic carboxylic acids is 1. The molecule has 5 rings (SSSR count). The third kappa shape index (κ3) is 4.92. The number of carboxylic acid groups (broad SMARTS) is 1. The molecule has 3 N–H and O–H groups in total. The zero-order valence-electron chi connectivity index (χ0n) is 19.2. The second kappa shape index (κ2) is 9.90. The fourth-order valence-electron chi connectivity index (χ4n) is 3.88. The van der Waals surface area contributed by atoms with Crippen LogP contribution >= 0.6 is 11.3 Å². The third-order valence-corrected chi connectivity index (χ3v) is 6.89. The van der Waals surface area contributed by atoms with Gasteiger partial charge in [-0.05, 0) is 11.6 Å². The quantitative estimate of drug-likeness (QED) is 0.398. The van der Waals surface area contributed by atoms with Gasteiger partial charge in [-0.3, -0.25) is 0 Å². The van der Waals surface area contributed by atoms with Crippen LogP contribution in [0.2, 0.25) is 0 Å². The molecule has 0 saturated carbocycles. The minimum absolute atomic E-state index is 0.0569. The number of ether oxygens (including phenoxy) is 1. The molecule has 3 aromatic heterocycles. The summed E-state index contributed by atoms with van der Waals surface area (Å²) in [5.41, 5.74) is 8.69. The molecule has 1 aliphatic rings. The van der Waals surface area contributed by atoms with E-state index in [0.29, 0.717) is 38.1 Å². The maximum atomic E-state index is 11.1. The van der Waals surface area contributed by atoms with Crippen molar-refractivity contribution >= 4 is 39.3 Å². The summed E-state index contributed by atoms with van der Waals surface area (Å²) in [7, 11) is 1.87. The number of thiophene rings is 1. The molecule has 0 unspecified atom stereocenters. The first-order chi connectivity index (χ1) is 17.0. The molecule has 0 bridgehead atoms. The number of hydrogen-bond donors (Lipinski definition) is 2. The van der Waals surface area contributed by atoms with Gasteiger partial charge in [0.25, 0.3) is 0 Å². The van der Waals surface area contributed by atoms with Gasteiger partial charge in [-0.25, -0.2) is 24.7 Å². The topological polar surface area (TPSA) is 131 Å². The van der Waals surface area contributed by atoms with Gasteiger partial charge in [-0.2, -0.15) is 0 Å². The first-order valence-corrected chi connectivity index (χ1v) is 12.0. The molecule has 0 atom stereocenters. The molecular weight excluding hydrogens is 466 g/mol. The van der Waals surface area contributed by atoms with E-state index in [4.69, 9.17) is 25.5 Å². The standard InChI is InChI=1S/C24H25N7O3S/c1-30(24-26-12-17(13-27-24)23(32)33)14-18-10-19-20(35-18)22(31-6-8-34-9-7-31)29-21(28-19)16-4-2-15(11-25)3-5-16/h2-5,10,12-13H,6-9,11,14,25H2,1H3,(H,32,33). The van der Waals surface area contributed by atoms with Crippen LogP contribution in [0.5, 0.6) is 0 Å². The van der Waals surface area contributed by atoms with Gasteiger partial charge in [-0.15, -0.1) is 11.3 Å². The summed E-state index contributed by atoms with van der Waals surface area (Å²) in [5, 5.41) is 9.07. The molecule has 0 radical (unpaired) electrons. The molecule has 1 saturated heterocycles. The van der Waals surface area contributed by atoms with E-state index in [1.165, 1.54) is 12.4 Å². The second-order valence-corrected chi connectivity index (χ2v) is 9.37. The van der Waals surface area contributed by atoms with E-state index in [1.807, 2.05) is 36.2 Å². The van der Waals surface area contributed by atoms with Crippen LogP contribution in [0.15, 0.2) is 42.7 Å². The van der Waals surface area contributed by atoms with E-state index < -0.39 is 5.97 Å². The van der Waals surface area contributed by atoms with Crippen molar-refractivity contribution in [3.05, 3.63) is 58.7 Å². The summed E-state index contributed by atoms with van der Waals surface area (Å²) in [6, 6.07) is 10.1. The third-order valence-electron chi connectivity index (χ3n) is 5.78. The Bertz CT molecular complexity index is 1340. The molecular formula is C24H25N7O3S. The van der Waals surface area contributed by atoms with Crippen LogP contribution in [0.3, 0.4) is 0 Å². The summed E-state index contributed by atoms with van der Waals surface area (Å²) >= 11 is 1.64. The van der Waals surface area contributed by atoms with Gasteiger partial charge in [-0.1, -0.05) is 24.3 Å². The van der Waals surface area contributed by atoms with Gasteiger partial charge >= 0.3 is 5.97 Å². The number of nitrogens with zero attached hydrogens (tertiary/aromatic N) is 6. The lowest BCUT2D eigenvalue weighted by molar-refractivity contribution is 0.0696. The van der Waals surface area contributed by atoms with Crippen molar-refractivity contribution in [2.75, 3.05) is 43.2 Å². The van der Waals surface area contributed by atoms with Crippen LogP contribution in [-0.4, -0.2) is 64.4 Å². The molecule has 0 spiro atoms. The van der Waals surface area contributed by atoms with Gasteiger partial charge in [0, 0.05) is 49.5 Å². The van der Waals surface area contributed by atoms with Crippen molar-refractivity contribution in [2.45, 2.75) is 13.1 Å². The summed E-state index contributed by atoms with van der Waals surface area (Å²) in [6.07, 6.45) is 2.63. The molecule has 4 aromatic rings. The molecule has 1 aliphatic heterocycles. The van der Waals surface area contributed by atoms with Crippen LogP contribution in [0.25, 0.3) is 21.6 Å². The Balaban J connectivity index is 1.49. The minimum Gasteiger partial charge on any atom is -0.478 e. The fraction of sp³-hybridized carbons (Fsp3) is 0.292. The molecule has 4 heterocycles. The molecule has 180 valence electrons. The Morgan fingerprint density at radius 2 is 1.89 bits per heavy atom. The largest absolute Gasteiger partial charge is 0.478 e. The highest BCUT2D eigenvalue weighted by molar-refractivity contribution is 7.19. The Morgan fingerprint density at radius 1 is 1.17 bits per heavy atom. The van der Waals surface area contributed by atoms with E-state index in [9.17, 15) is 4.79 Å². The van der Waals surface area contributed by atoms with E-state index in [-0.39, 0.29) is 5.56 Å². The van der Waals surface area contributed by atoms with Crippen LogP contribution in [0, 0.1) is 0 Å². The second-order valence-electron chi connectivity index (χ2n) is 8.23. The average molecular weight is 492 g/mol. The Hall–Kier alpha value is -3.67. The molecule has 1 aromatic carbocycles. The molecule has 1 fully saturated rings. The number of benzene rings is 1. The smallest absolute Gasteiger partial charge is 0.338 e. The number of carboxylic acids is 1. The predicted molar refractivity (Wildman–Crippen MR) is 135 cm³/mol. The van der Waals surface area contributed by atoms with E-state index in [0.717, 1.165) is 45.1 Å². The van der Waals surface area contributed by atoms with E-state index in [2.05, 4.69) is 20.9 Å². The summed E-state index contributed by atoms with van der Waals surface area (Å²) in [4.78, 5) is 34.5. The van der Waals surface area contributed by atoms with Gasteiger partial charge in [0.15, 0.2) is 11.6 Å². The van der Waals surface area contributed by atoms with E-state index >= 15 is 0 Å². The van der Waals surface area contributed by atoms with Crippen molar-refractivity contribution < 1.29 is 14.6 Å². The number of anilines is 2. The molecule has 0 amide bonds. The molecule has 11 heteroatoms.